The fourth-order valence-corrected chi connectivity index (χ4v) is 2.83. The Kier molecular flexibility index (Phi) is 4.52. The number of methoxy groups -OCH3 is 2. The highest BCUT2D eigenvalue weighted by Gasteiger charge is 2.14. The minimum absolute atomic E-state index is 0.0610. The van der Waals surface area contributed by atoms with E-state index in [9.17, 15) is 9.90 Å². The average Bonchev–Trinajstić information content (AvgIpc) is 3.01. The van der Waals surface area contributed by atoms with E-state index in [1.807, 2.05) is 36.0 Å². The molecule has 6 nitrogen and oxygen atoms in total. The number of hydrogen-bond donors (Lipinski definition) is 2. The molecule has 0 bridgehead atoms. The molecule has 1 aromatic heterocycles. The number of ether oxygens (including phenoxy) is 2. The molecule has 0 aliphatic carbocycles. The minimum Gasteiger partial charge on any atom is -0.502 e. The number of nitrogens with zero attached hydrogens (tertiary/aromatic N) is 1. The van der Waals surface area contributed by atoms with Gasteiger partial charge >= 0.3 is 0 Å². The number of aromatic nitrogens is 1. The summed E-state index contributed by atoms with van der Waals surface area (Å²) in [5.41, 5.74) is 2.39. The monoisotopic (exact) mass is 340 g/mol. The fraction of sp³-hybridized carbons (Fsp3) is 0.211. The molecule has 0 saturated heterocycles. The van der Waals surface area contributed by atoms with Gasteiger partial charge in [-0.05, 0) is 35.9 Å². The van der Waals surface area contributed by atoms with Gasteiger partial charge in [-0.3, -0.25) is 4.79 Å². The molecule has 130 valence electrons. The number of hydrogen-bond acceptors (Lipinski definition) is 4. The van der Waals surface area contributed by atoms with E-state index in [0.29, 0.717) is 17.1 Å². The molecule has 3 aromatic rings. The first-order chi connectivity index (χ1) is 12.0. The number of carbonyl (C=O) groups is 1. The highest BCUT2D eigenvalue weighted by atomic mass is 16.5. The Morgan fingerprint density at radius 3 is 2.48 bits per heavy atom. The maximum Gasteiger partial charge on any atom is 0.252 e. The van der Waals surface area contributed by atoms with Gasteiger partial charge in [-0.25, -0.2) is 0 Å². The Morgan fingerprint density at radius 2 is 1.84 bits per heavy atom. The lowest BCUT2D eigenvalue weighted by molar-refractivity contribution is 0.0952. The maximum absolute atomic E-state index is 12.6. The summed E-state index contributed by atoms with van der Waals surface area (Å²) in [5, 5.41) is 13.8. The van der Waals surface area contributed by atoms with E-state index < -0.39 is 0 Å². The fourth-order valence-electron chi connectivity index (χ4n) is 2.83. The number of rotatable bonds is 5. The zero-order valence-corrected chi connectivity index (χ0v) is 14.4. The molecule has 0 aliphatic rings. The summed E-state index contributed by atoms with van der Waals surface area (Å²) in [5.74, 6) is 0.374. The zero-order valence-electron chi connectivity index (χ0n) is 14.4. The maximum atomic E-state index is 12.6. The molecule has 1 amide bonds. The van der Waals surface area contributed by atoms with E-state index in [4.69, 9.17) is 9.47 Å². The molecule has 0 unspecified atom stereocenters. The van der Waals surface area contributed by atoms with Crippen LogP contribution in [0.2, 0.25) is 0 Å². The van der Waals surface area contributed by atoms with Crippen molar-refractivity contribution < 1.29 is 19.4 Å². The largest absolute Gasteiger partial charge is 0.502 e. The second-order valence-corrected chi connectivity index (χ2v) is 5.70. The van der Waals surface area contributed by atoms with E-state index >= 15 is 0 Å². The number of phenols is 1. The van der Waals surface area contributed by atoms with Crippen molar-refractivity contribution in [3.63, 3.8) is 0 Å². The highest BCUT2D eigenvalue weighted by Crippen LogP contribution is 2.37. The van der Waals surface area contributed by atoms with E-state index in [1.165, 1.54) is 14.2 Å². The lowest BCUT2D eigenvalue weighted by atomic mass is 10.1. The molecule has 25 heavy (non-hydrogen) atoms. The van der Waals surface area contributed by atoms with Gasteiger partial charge in [0.15, 0.2) is 11.5 Å². The normalized spacial score (nSPS) is 10.7. The number of aromatic hydroxyl groups is 1. The van der Waals surface area contributed by atoms with Crippen LogP contribution in [0.15, 0.2) is 42.6 Å². The topological polar surface area (TPSA) is 72.7 Å². The van der Waals surface area contributed by atoms with Gasteiger partial charge in [-0.1, -0.05) is 6.07 Å². The SMILES string of the molecule is COc1cc(CNC(=O)c2cccc3c2ccn3C)cc(OC)c1O. The standard InChI is InChI=1S/C19H20N2O4/c1-21-8-7-13-14(5-4-6-15(13)21)19(23)20-11-12-9-16(24-2)18(22)17(10-12)25-3/h4-10,22H,11H2,1-3H3,(H,20,23). The number of fused-ring (bicyclic) bond motifs is 1. The summed E-state index contributed by atoms with van der Waals surface area (Å²) < 4.78 is 12.2. The van der Waals surface area contributed by atoms with Gasteiger partial charge in [0.05, 0.1) is 14.2 Å². The Morgan fingerprint density at radius 1 is 1.16 bits per heavy atom. The molecular formula is C19H20N2O4. The molecule has 2 aromatic carbocycles. The first-order valence-corrected chi connectivity index (χ1v) is 7.81. The van der Waals surface area contributed by atoms with Crippen molar-refractivity contribution in [3.8, 4) is 17.2 Å². The zero-order chi connectivity index (χ0) is 18.0. The van der Waals surface area contributed by atoms with Crippen LogP contribution in [0.3, 0.4) is 0 Å². The Hall–Kier alpha value is -3.15. The van der Waals surface area contributed by atoms with Gasteiger partial charge in [0.1, 0.15) is 0 Å². The van der Waals surface area contributed by atoms with Crippen LogP contribution in [0.1, 0.15) is 15.9 Å². The van der Waals surface area contributed by atoms with Crippen molar-refractivity contribution in [3.05, 3.63) is 53.7 Å². The average molecular weight is 340 g/mol. The smallest absolute Gasteiger partial charge is 0.252 e. The Labute approximate surface area is 145 Å². The lowest BCUT2D eigenvalue weighted by Crippen LogP contribution is -2.23. The van der Waals surface area contributed by atoms with Crippen LogP contribution in [-0.4, -0.2) is 29.8 Å². The molecule has 0 radical (unpaired) electrons. The van der Waals surface area contributed by atoms with Crippen LogP contribution in [0.5, 0.6) is 17.2 Å². The van der Waals surface area contributed by atoms with Gasteiger partial charge in [0, 0.05) is 36.3 Å². The van der Waals surface area contributed by atoms with Crippen LogP contribution < -0.4 is 14.8 Å². The Balaban J connectivity index is 1.82. The molecule has 3 rings (SSSR count). The van der Waals surface area contributed by atoms with Gasteiger partial charge in [0.2, 0.25) is 5.75 Å². The second-order valence-electron chi connectivity index (χ2n) is 5.70. The molecule has 0 spiro atoms. The Bertz CT molecular complexity index is 905. The molecule has 0 saturated carbocycles. The van der Waals surface area contributed by atoms with E-state index in [2.05, 4.69) is 5.32 Å². The predicted molar refractivity (Wildman–Crippen MR) is 95.3 cm³/mol. The molecule has 0 aliphatic heterocycles. The van der Waals surface area contributed by atoms with Crippen molar-refractivity contribution in [2.45, 2.75) is 6.54 Å². The minimum atomic E-state index is -0.164. The van der Waals surface area contributed by atoms with Crippen molar-refractivity contribution in [2.75, 3.05) is 14.2 Å². The summed E-state index contributed by atoms with van der Waals surface area (Å²) in [7, 11) is 4.87. The number of carbonyl (C=O) groups excluding carboxylic acids is 1. The van der Waals surface area contributed by atoms with Gasteiger partial charge in [-0.2, -0.15) is 0 Å². The molecule has 2 N–H and O–H groups in total. The quantitative estimate of drug-likeness (QED) is 0.749. The first-order valence-electron chi connectivity index (χ1n) is 7.81. The summed E-state index contributed by atoms with van der Waals surface area (Å²) in [4.78, 5) is 12.6. The van der Waals surface area contributed by atoms with Crippen LogP contribution >= 0.6 is 0 Å². The molecule has 6 heteroatoms. The number of aryl methyl sites for hydroxylation is 1. The van der Waals surface area contributed by atoms with Crippen LogP contribution in [-0.2, 0) is 13.6 Å². The van der Waals surface area contributed by atoms with Crippen molar-refractivity contribution in [1.29, 1.82) is 0 Å². The van der Waals surface area contributed by atoms with Crippen LogP contribution in [0, 0.1) is 0 Å². The van der Waals surface area contributed by atoms with Gasteiger partial charge in [-0.15, -0.1) is 0 Å². The molecule has 0 fully saturated rings. The number of amides is 1. The molecule has 1 heterocycles. The summed E-state index contributed by atoms with van der Waals surface area (Å²) in [6.07, 6.45) is 1.93. The van der Waals surface area contributed by atoms with Crippen molar-refractivity contribution >= 4 is 16.8 Å². The lowest BCUT2D eigenvalue weighted by Gasteiger charge is -2.12. The molecule has 0 atom stereocenters. The highest BCUT2D eigenvalue weighted by molar-refractivity contribution is 6.06. The predicted octanol–water partition coefficient (Wildman–Crippen LogP) is 2.83. The van der Waals surface area contributed by atoms with E-state index in [0.717, 1.165) is 16.5 Å². The van der Waals surface area contributed by atoms with Gasteiger partial charge < -0.3 is 24.5 Å². The third-order valence-corrected chi connectivity index (χ3v) is 4.17. The van der Waals surface area contributed by atoms with E-state index in [-0.39, 0.29) is 18.2 Å². The van der Waals surface area contributed by atoms with Crippen molar-refractivity contribution in [1.82, 2.24) is 9.88 Å². The number of phenolic OH excluding ortho intramolecular Hbond substituents is 1. The molecular weight excluding hydrogens is 320 g/mol. The first kappa shape index (κ1) is 16.7. The van der Waals surface area contributed by atoms with Crippen LogP contribution in [0.25, 0.3) is 10.9 Å². The second kappa shape index (κ2) is 6.76. The van der Waals surface area contributed by atoms with E-state index in [1.54, 1.807) is 18.2 Å². The third kappa shape index (κ3) is 3.10. The van der Waals surface area contributed by atoms with Crippen LogP contribution in [0.4, 0.5) is 0 Å². The van der Waals surface area contributed by atoms with Crippen molar-refractivity contribution in [2.24, 2.45) is 7.05 Å². The number of benzene rings is 2. The number of nitrogens with one attached hydrogen (secondary N) is 1. The summed E-state index contributed by atoms with van der Waals surface area (Å²) in [6, 6.07) is 10.9. The summed E-state index contributed by atoms with van der Waals surface area (Å²) >= 11 is 0. The summed E-state index contributed by atoms with van der Waals surface area (Å²) in [6.45, 7) is 0.287. The third-order valence-electron chi connectivity index (χ3n) is 4.17. The van der Waals surface area contributed by atoms with Gasteiger partial charge in [0.25, 0.3) is 5.91 Å².